The van der Waals surface area contributed by atoms with E-state index in [1.165, 1.54) is 42.7 Å². The summed E-state index contributed by atoms with van der Waals surface area (Å²) >= 11 is 1.93. The SMILES string of the molecule is CCSc1ccccc1NC(C)C1CCCCC1. The van der Waals surface area contributed by atoms with Crippen LogP contribution in [0, 0.1) is 5.92 Å². The smallest absolute Gasteiger partial charge is 0.0480 e. The summed E-state index contributed by atoms with van der Waals surface area (Å²) < 4.78 is 0. The molecule has 1 aromatic carbocycles. The Hall–Kier alpha value is -0.630. The van der Waals surface area contributed by atoms with Gasteiger partial charge in [0.1, 0.15) is 0 Å². The second-order valence-corrected chi connectivity index (χ2v) is 6.57. The van der Waals surface area contributed by atoms with Crippen molar-refractivity contribution in [2.24, 2.45) is 5.92 Å². The second-order valence-electron chi connectivity index (χ2n) is 5.26. The summed E-state index contributed by atoms with van der Waals surface area (Å²) in [5, 5.41) is 3.74. The summed E-state index contributed by atoms with van der Waals surface area (Å²) in [5.41, 5.74) is 1.32. The van der Waals surface area contributed by atoms with E-state index in [1.54, 1.807) is 0 Å². The molecule has 1 saturated carbocycles. The first-order valence-corrected chi connectivity index (χ1v) is 8.28. The lowest BCUT2D eigenvalue weighted by Gasteiger charge is -2.29. The van der Waals surface area contributed by atoms with E-state index in [-0.39, 0.29) is 0 Å². The highest BCUT2D eigenvalue weighted by Crippen LogP contribution is 2.31. The Morgan fingerprint density at radius 1 is 1.22 bits per heavy atom. The van der Waals surface area contributed by atoms with Gasteiger partial charge in [0.15, 0.2) is 0 Å². The Balaban J connectivity index is 1.99. The molecule has 0 aromatic heterocycles. The van der Waals surface area contributed by atoms with Gasteiger partial charge >= 0.3 is 0 Å². The van der Waals surface area contributed by atoms with Gasteiger partial charge in [-0.05, 0) is 43.6 Å². The fourth-order valence-electron chi connectivity index (χ4n) is 2.86. The van der Waals surface area contributed by atoms with Crippen LogP contribution < -0.4 is 5.32 Å². The maximum Gasteiger partial charge on any atom is 0.0480 e. The third kappa shape index (κ3) is 3.68. The minimum atomic E-state index is 0.601. The third-order valence-corrected chi connectivity index (χ3v) is 4.88. The van der Waals surface area contributed by atoms with Gasteiger partial charge in [-0.1, -0.05) is 38.3 Å². The van der Waals surface area contributed by atoms with Gasteiger partial charge in [-0.25, -0.2) is 0 Å². The molecule has 1 aliphatic rings. The van der Waals surface area contributed by atoms with E-state index in [4.69, 9.17) is 0 Å². The topological polar surface area (TPSA) is 12.0 Å². The van der Waals surface area contributed by atoms with Crippen LogP contribution in [-0.4, -0.2) is 11.8 Å². The highest BCUT2D eigenvalue weighted by Gasteiger charge is 2.20. The molecule has 18 heavy (non-hydrogen) atoms. The van der Waals surface area contributed by atoms with Gasteiger partial charge in [-0.3, -0.25) is 0 Å². The molecular weight excluding hydrogens is 238 g/mol. The van der Waals surface area contributed by atoms with Crippen molar-refractivity contribution in [3.63, 3.8) is 0 Å². The van der Waals surface area contributed by atoms with Gasteiger partial charge < -0.3 is 5.32 Å². The summed E-state index contributed by atoms with van der Waals surface area (Å²) in [4.78, 5) is 1.39. The number of hydrogen-bond acceptors (Lipinski definition) is 2. The van der Waals surface area contributed by atoms with Crippen LogP contribution in [0.25, 0.3) is 0 Å². The fourth-order valence-corrected chi connectivity index (χ4v) is 3.63. The molecule has 1 aromatic rings. The van der Waals surface area contributed by atoms with Crippen molar-refractivity contribution in [2.75, 3.05) is 11.1 Å². The van der Waals surface area contributed by atoms with Crippen LogP contribution in [0.5, 0.6) is 0 Å². The molecule has 1 unspecified atom stereocenters. The predicted molar refractivity (Wildman–Crippen MR) is 82.5 cm³/mol. The van der Waals surface area contributed by atoms with Crippen LogP contribution in [0.1, 0.15) is 46.0 Å². The summed E-state index contributed by atoms with van der Waals surface area (Å²) in [6, 6.07) is 9.31. The van der Waals surface area contributed by atoms with E-state index in [2.05, 4.69) is 43.4 Å². The molecule has 0 heterocycles. The number of hydrogen-bond donors (Lipinski definition) is 1. The Labute approximate surface area is 116 Å². The fraction of sp³-hybridized carbons (Fsp3) is 0.625. The van der Waals surface area contributed by atoms with E-state index >= 15 is 0 Å². The highest BCUT2D eigenvalue weighted by molar-refractivity contribution is 7.99. The summed E-state index contributed by atoms with van der Waals surface area (Å²) in [7, 11) is 0. The van der Waals surface area contributed by atoms with Crippen molar-refractivity contribution in [1.82, 2.24) is 0 Å². The molecule has 0 amide bonds. The van der Waals surface area contributed by atoms with Crippen LogP contribution in [0.4, 0.5) is 5.69 Å². The van der Waals surface area contributed by atoms with Gasteiger partial charge in [-0.2, -0.15) is 0 Å². The number of thioether (sulfide) groups is 1. The van der Waals surface area contributed by atoms with E-state index in [0.717, 1.165) is 11.7 Å². The molecule has 2 rings (SSSR count). The highest BCUT2D eigenvalue weighted by atomic mass is 32.2. The van der Waals surface area contributed by atoms with E-state index in [1.807, 2.05) is 11.8 Å². The first-order chi connectivity index (χ1) is 8.81. The maximum absolute atomic E-state index is 3.74. The van der Waals surface area contributed by atoms with Gasteiger partial charge in [0.05, 0.1) is 0 Å². The van der Waals surface area contributed by atoms with Crippen molar-refractivity contribution in [2.45, 2.75) is 56.9 Å². The molecule has 1 atom stereocenters. The summed E-state index contributed by atoms with van der Waals surface area (Å²) in [6.45, 7) is 4.56. The van der Waals surface area contributed by atoms with Crippen molar-refractivity contribution in [1.29, 1.82) is 0 Å². The number of nitrogens with one attached hydrogen (secondary N) is 1. The van der Waals surface area contributed by atoms with Crippen molar-refractivity contribution < 1.29 is 0 Å². The van der Waals surface area contributed by atoms with E-state index < -0.39 is 0 Å². The Morgan fingerprint density at radius 3 is 2.67 bits per heavy atom. The molecule has 1 aliphatic carbocycles. The lowest BCUT2D eigenvalue weighted by Crippen LogP contribution is -2.27. The molecule has 1 nitrogen and oxygen atoms in total. The molecule has 0 saturated heterocycles. The van der Waals surface area contributed by atoms with E-state index in [0.29, 0.717) is 6.04 Å². The average Bonchev–Trinajstić information content (AvgIpc) is 2.42. The van der Waals surface area contributed by atoms with Gasteiger partial charge in [-0.15, -0.1) is 11.8 Å². The number of rotatable bonds is 5. The Bertz CT molecular complexity index is 358. The summed E-state index contributed by atoms with van der Waals surface area (Å²) in [6.07, 6.45) is 7.07. The molecule has 0 radical (unpaired) electrons. The minimum absolute atomic E-state index is 0.601. The van der Waals surface area contributed by atoms with Gasteiger partial charge in [0.2, 0.25) is 0 Å². The number of benzene rings is 1. The molecule has 100 valence electrons. The monoisotopic (exact) mass is 263 g/mol. The standard InChI is InChI=1S/C16H25NS/c1-3-18-16-12-8-7-11-15(16)17-13(2)14-9-5-4-6-10-14/h7-8,11-14,17H,3-6,9-10H2,1-2H3. The minimum Gasteiger partial charge on any atom is -0.381 e. The van der Waals surface area contributed by atoms with Crippen molar-refractivity contribution in [3.8, 4) is 0 Å². The normalized spacial score (nSPS) is 18.6. The third-order valence-electron chi connectivity index (χ3n) is 3.93. The Morgan fingerprint density at radius 2 is 1.94 bits per heavy atom. The van der Waals surface area contributed by atoms with Crippen LogP contribution in [0.3, 0.4) is 0 Å². The van der Waals surface area contributed by atoms with Gasteiger partial charge in [0, 0.05) is 16.6 Å². The molecule has 0 aliphatic heterocycles. The van der Waals surface area contributed by atoms with Crippen LogP contribution in [-0.2, 0) is 0 Å². The van der Waals surface area contributed by atoms with Crippen LogP contribution in [0.2, 0.25) is 0 Å². The van der Waals surface area contributed by atoms with E-state index in [9.17, 15) is 0 Å². The first kappa shape index (κ1) is 13.8. The summed E-state index contributed by atoms with van der Waals surface area (Å²) in [5.74, 6) is 2.00. The molecule has 0 bridgehead atoms. The van der Waals surface area contributed by atoms with Crippen LogP contribution >= 0.6 is 11.8 Å². The average molecular weight is 263 g/mol. The van der Waals surface area contributed by atoms with Crippen molar-refractivity contribution in [3.05, 3.63) is 24.3 Å². The van der Waals surface area contributed by atoms with Gasteiger partial charge in [0.25, 0.3) is 0 Å². The zero-order valence-electron chi connectivity index (χ0n) is 11.6. The van der Waals surface area contributed by atoms with Crippen molar-refractivity contribution >= 4 is 17.4 Å². The Kier molecular flexibility index (Phi) is 5.43. The zero-order valence-corrected chi connectivity index (χ0v) is 12.4. The molecule has 0 spiro atoms. The number of anilines is 1. The number of para-hydroxylation sites is 1. The largest absolute Gasteiger partial charge is 0.381 e. The molecule has 2 heteroatoms. The molecule has 1 N–H and O–H groups in total. The van der Waals surface area contributed by atoms with Crippen LogP contribution in [0.15, 0.2) is 29.2 Å². The zero-order chi connectivity index (χ0) is 12.8. The molecule has 1 fully saturated rings. The second kappa shape index (κ2) is 7.08. The lowest BCUT2D eigenvalue weighted by atomic mass is 9.84. The predicted octanol–water partition coefficient (Wildman–Crippen LogP) is 5.18. The molecular formula is C16H25NS. The quantitative estimate of drug-likeness (QED) is 0.735. The maximum atomic E-state index is 3.74. The first-order valence-electron chi connectivity index (χ1n) is 7.29. The lowest BCUT2D eigenvalue weighted by molar-refractivity contribution is 0.328.